The average molecular weight is 453 g/mol. The highest BCUT2D eigenvalue weighted by atomic mass is 15.2. The normalized spacial score (nSPS) is 13.2. The molecule has 0 amide bonds. The van der Waals surface area contributed by atoms with E-state index in [1.165, 1.54) is 0 Å². The average Bonchev–Trinajstić information content (AvgIpc) is 2.91. The van der Waals surface area contributed by atoms with E-state index in [9.17, 15) is 0 Å². The van der Waals surface area contributed by atoms with Crippen LogP contribution < -0.4 is 0 Å². The van der Waals surface area contributed by atoms with Gasteiger partial charge >= 0.3 is 0 Å². The van der Waals surface area contributed by atoms with Gasteiger partial charge in [0.2, 0.25) is 0 Å². The summed E-state index contributed by atoms with van der Waals surface area (Å²) in [5, 5.41) is 0. The Labute approximate surface area is 202 Å². The Bertz CT molecular complexity index is 1000. The van der Waals surface area contributed by atoms with Crippen molar-refractivity contribution in [3.8, 4) is 0 Å². The fourth-order valence-electron chi connectivity index (χ4n) is 4.10. The van der Waals surface area contributed by atoms with Crippen molar-refractivity contribution in [3.63, 3.8) is 0 Å². The number of pyridine rings is 4. The molecule has 34 heavy (non-hydrogen) atoms. The second-order valence-corrected chi connectivity index (χ2v) is 8.44. The Balaban J connectivity index is 1.55. The van der Waals surface area contributed by atoms with Crippen LogP contribution in [0.3, 0.4) is 0 Å². The first-order valence-electron chi connectivity index (χ1n) is 11.8. The molecule has 0 fully saturated rings. The van der Waals surface area contributed by atoms with Crippen LogP contribution >= 0.6 is 0 Å². The summed E-state index contributed by atoms with van der Waals surface area (Å²) in [5.41, 5.74) is 4.23. The maximum absolute atomic E-state index is 4.62. The van der Waals surface area contributed by atoms with Gasteiger partial charge in [-0.05, 0) is 62.4 Å². The van der Waals surface area contributed by atoms with Crippen LogP contribution in [0.2, 0.25) is 0 Å². The molecule has 2 atom stereocenters. The largest absolute Gasteiger partial charge is 0.288 e. The third-order valence-electron chi connectivity index (χ3n) is 6.18. The van der Waals surface area contributed by atoms with E-state index in [0.29, 0.717) is 0 Å². The van der Waals surface area contributed by atoms with Crippen LogP contribution in [-0.4, -0.2) is 42.8 Å². The van der Waals surface area contributed by atoms with Gasteiger partial charge in [-0.15, -0.1) is 0 Å². The van der Waals surface area contributed by atoms with E-state index in [-0.39, 0.29) is 12.1 Å². The van der Waals surface area contributed by atoms with Crippen molar-refractivity contribution in [1.29, 1.82) is 0 Å². The van der Waals surface area contributed by atoms with Crippen molar-refractivity contribution in [1.82, 2.24) is 29.7 Å². The Hall–Kier alpha value is -3.48. The van der Waals surface area contributed by atoms with Gasteiger partial charge in [0, 0.05) is 63.1 Å². The molecule has 4 heterocycles. The van der Waals surface area contributed by atoms with E-state index in [1.54, 1.807) is 0 Å². The summed E-state index contributed by atoms with van der Waals surface area (Å²) in [6.45, 7) is 7.67. The Morgan fingerprint density at radius 1 is 0.529 bits per heavy atom. The quantitative estimate of drug-likeness (QED) is 0.316. The third-order valence-corrected chi connectivity index (χ3v) is 6.18. The molecule has 0 radical (unpaired) electrons. The van der Waals surface area contributed by atoms with Crippen LogP contribution in [-0.2, 0) is 13.1 Å². The SMILES string of the molecule is CC(c1ccccn1)N(CCN(Cc1ccccn1)C(C)c1ccccn1)Cc1ccccn1. The van der Waals surface area contributed by atoms with Gasteiger partial charge in [-0.2, -0.15) is 0 Å². The molecule has 4 aromatic rings. The first-order valence-corrected chi connectivity index (χ1v) is 11.8. The number of nitrogens with zero attached hydrogens (tertiary/aromatic N) is 6. The highest BCUT2D eigenvalue weighted by Crippen LogP contribution is 2.23. The van der Waals surface area contributed by atoms with Gasteiger partial charge in [-0.3, -0.25) is 29.7 Å². The van der Waals surface area contributed by atoms with Crippen molar-refractivity contribution in [2.45, 2.75) is 39.0 Å². The van der Waals surface area contributed by atoms with Gasteiger partial charge in [-0.1, -0.05) is 24.3 Å². The summed E-state index contributed by atoms with van der Waals surface area (Å²) in [5.74, 6) is 0. The number of rotatable bonds is 11. The Kier molecular flexibility index (Phi) is 8.43. The van der Waals surface area contributed by atoms with Crippen LogP contribution in [0.5, 0.6) is 0 Å². The second-order valence-electron chi connectivity index (χ2n) is 8.44. The Morgan fingerprint density at radius 3 is 1.24 bits per heavy atom. The van der Waals surface area contributed by atoms with Gasteiger partial charge in [0.05, 0.1) is 22.8 Å². The molecular formula is C28H32N6. The number of hydrogen-bond acceptors (Lipinski definition) is 6. The van der Waals surface area contributed by atoms with Crippen molar-refractivity contribution in [2.75, 3.05) is 13.1 Å². The summed E-state index contributed by atoms with van der Waals surface area (Å²) in [4.78, 5) is 23.3. The van der Waals surface area contributed by atoms with Gasteiger partial charge < -0.3 is 0 Å². The molecule has 0 saturated carbocycles. The molecule has 4 aromatic heterocycles. The summed E-state index contributed by atoms with van der Waals surface area (Å²) < 4.78 is 0. The molecule has 0 saturated heterocycles. The minimum Gasteiger partial charge on any atom is -0.288 e. The predicted molar refractivity (Wildman–Crippen MR) is 135 cm³/mol. The molecule has 6 nitrogen and oxygen atoms in total. The zero-order valence-electron chi connectivity index (χ0n) is 19.9. The van der Waals surface area contributed by atoms with Crippen LogP contribution in [0.25, 0.3) is 0 Å². The van der Waals surface area contributed by atoms with Crippen LogP contribution in [0.4, 0.5) is 0 Å². The van der Waals surface area contributed by atoms with Crippen LogP contribution in [0, 0.1) is 0 Å². The van der Waals surface area contributed by atoms with Gasteiger partial charge in [0.25, 0.3) is 0 Å². The smallest absolute Gasteiger partial charge is 0.0572 e. The zero-order valence-corrected chi connectivity index (χ0v) is 19.9. The van der Waals surface area contributed by atoms with Crippen molar-refractivity contribution in [2.24, 2.45) is 0 Å². The standard InChI is InChI=1S/C28H32N6/c1-23(27-13-5-9-17-31-27)33(21-25-11-3-7-15-29-25)19-20-34(22-26-12-4-8-16-30-26)24(2)28-14-6-10-18-32-28/h3-18,23-24H,19-22H2,1-2H3. The molecule has 6 heteroatoms. The minimum atomic E-state index is 0.157. The molecule has 0 bridgehead atoms. The fourth-order valence-corrected chi connectivity index (χ4v) is 4.10. The van der Waals surface area contributed by atoms with Crippen molar-refractivity contribution < 1.29 is 0 Å². The summed E-state index contributed by atoms with van der Waals surface area (Å²) >= 11 is 0. The van der Waals surface area contributed by atoms with Crippen LogP contribution in [0.1, 0.15) is 48.7 Å². The monoisotopic (exact) mass is 452 g/mol. The molecule has 0 aliphatic heterocycles. The number of hydrogen-bond donors (Lipinski definition) is 0. The molecule has 2 unspecified atom stereocenters. The lowest BCUT2D eigenvalue weighted by Crippen LogP contribution is -2.38. The first-order chi connectivity index (χ1) is 16.7. The molecular weight excluding hydrogens is 420 g/mol. The highest BCUT2D eigenvalue weighted by molar-refractivity contribution is 5.12. The van der Waals surface area contributed by atoms with Gasteiger partial charge in [0.15, 0.2) is 0 Å². The topological polar surface area (TPSA) is 58.0 Å². The van der Waals surface area contributed by atoms with E-state index in [1.807, 2.05) is 73.3 Å². The maximum atomic E-state index is 4.62. The first kappa shape index (κ1) is 23.7. The second kappa shape index (κ2) is 12.1. The van der Waals surface area contributed by atoms with Crippen LogP contribution in [0.15, 0.2) is 97.6 Å². The summed E-state index contributed by atoms with van der Waals surface area (Å²) in [6.07, 6.45) is 7.44. The molecule has 0 aliphatic rings. The molecule has 0 aliphatic carbocycles. The predicted octanol–water partition coefficient (Wildman–Crippen LogP) is 5.09. The minimum absolute atomic E-state index is 0.157. The lowest BCUT2D eigenvalue weighted by molar-refractivity contribution is 0.129. The highest BCUT2D eigenvalue weighted by Gasteiger charge is 2.22. The number of aromatic nitrogens is 4. The fraction of sp³-hybridized carbons (Fsp3) is 0.286. The lowest BCUT2D eigenvalue weighted by atomic mass is 10.1. The molecule has 0 aromatic carbocycles. The van der Waals surface area contributed by atoms with E-state index in [4.69, 9.17) is 0 Å². The van der Waals surface area contributed by atoms with Gasteiger partial charge in [0.1, 0.15) is 0 Å². The molecule has 0 spiro atoms. The molecule has 0 N–H and O–H groups in total. The van der Waals surface area contributed by atoms with Crippen molar-refractivity contribution in [3.05, 3.63) is 120 Å². The van der Waals surface area contributed by atoms with E-state index < -0.39 is 0 Å². The Morgan fingerprint density at radius 2 is 0.912 bits per heavy atom. The third kappa shape index (κ3) is 6.53. The zero-order chi connectivity index (χ0) is 23.6. The summed E-state index contributed by atoms with van der Waals surface area (Å²) in [6, 6.07) is 24.7. The lowest BCUT2D eigenvalue weighted by Gasteiger charge is -2.34. The van der Waals surface area contributed by atoms with E-state index >= 15 is 0 Å². The van der Waals surface area contributed by atoms with E-state index in [2.05, 4.69) is 67.8 Å². The molecule has 174 valence electrons. The molecule has 4 rings (SSSR count). The van der Waals surface area contributed by atoms with Gasteiger partial charge in [-0.25, -0.2) is 0 Å². The van der Waals surface area contributed by atoms with Crippen molar-refractivity contribution >= 4 is 0 Å². The van der Waals surface area contributed by atoms with E-state index in [0.717, 1.165) is 49.0 Å². The maximum Gasteiger partial charge on any atom is 0.0572 e. The summed E-state index contributed by atoms with van der Waals surface area (Å²) in [7, 11) is 0.